The molecule has 2 atom stereocenters. The van der Waals surface area contributed by atoms with E-state index in [0.717, 1.165) is 5.56 Å². The maximum absolute atomic E-state index is 12.7. The van der Waals surface area contributed by atoms with E-state index in [4.69, 9.17) is 4.74 Å². The van der Waals surface area contributed by atoms with Crippen molar-refractivity contribution in [1.82, 2.24) is 4.90 Å². The summed E-state index contributed by atoms with van der Waals surface area (Å²) in [5.74, 6) is -0.0542. The summed E-state index contributed by atoms with van der Waals surface area (Å²) >= 11 is 0. The second-order valence-corrected chi connectivity index (χ2v) is 9.09. The minimum atomic E-state index is -3.13. The Balaban J connectivity index is 1.69. The second-order valence-electron chi connectivity index (χ2n) is 6.95. The fourth-order valence-corrected chi connectivity index (χ4v) is 4.00. The van der Waals surface area contributed by atoms with Gasteiger partial charge in [-0.2, -0.15) is 0 Å². The van der Waals surface area contributed by atoms with Crippen LogP contribution in [0.5, 0.6) is 0 Å². The number of nitrogens with zero attached hydrogens (tertiary/aromatic N) is 1. The first-order valence-corrected chi connectivity index (χ1v) is 10.9. The highest BCUT2D eigenvalue weighted by molar-refractivity contribution is 7.89. The molecule has 0 aliphatic carbocycles. The molecule has 2 amide bonds. The Kier molecular flexibility index (Phi) is 5.82. The summed E-state index contributed by atoms with van der Waals surface area (Å²) in [5.41, 5.74) is 2.27. The third-order valence-corrected chi connectivity index (χ3v) is 5.18. The number of anilines is 1. The van der Waals surface area contributed by atoms with Gasteiger partial charge in [0.25, 0.3) is 0 Å². The molecular formula is C20H24N2O4S. The molecule has 0 spiro atoms. The summed E-state index contributed by atoms with van der Waals surface area (Å²) in [6, 6.07) is 16.5. The molecule has 6 nitrogen and oxygen atoms in total. The lowest BCUT2D eigenvalue weighted by molar-refractivity contribution is -0.0642. The van der Waals surface area contributed by atoms with Crippen LogP contribution in [0.25, 0.3) is 0 Å². The largest absolute Gasteiger partial charge is 0.367 e. The molecule has 2 aromatic carbocycles. The van der Waals surface area contributed by atoms with Crippen molar-refractivity contribution in [2.24, 2.45) is 0 Å². The van der Waals surface area contributed by atoms with Gasteiger partial charge in [0, 0.05) is 18.5 Å². The normalized spacial score (nSPS) is 20.3. The van der Waals surface area contributed by atoms with Crippen LogP contribution in [0.15, 0.2) is 54.6 Å². The van der Waals surface area contributed by atoms with E-state index >= 15 is 0 Å². The Labute approximate surface area is 160 Å². The number of sulfone groups is 1. The second kappa shape index (κ2) is 8.10. The van der Waals surface area contributed by atoms with Crippen molar-refractivity contribution in [3.05, 3.63) is 65.7 Å². The van der Waals surface area contributed by atoms with Crippen molar-refractivity contribution >= 4 is 21.6 Å². The van der Waals surface area contributed by atoms with E-state index < -0.39 is 9.84 Å². The fourth-order valence-electron chi connectivity index (χ4n) is 3.21. The van der Waals surface area contributed by atoms with Gasteiger partial charge in [-0.25, -0.2) is 13.2 Å². The first-order valence-electron chi connectivity index (χ1n) is 8.83. The van der Waals surface area contributed by atoms with Crippen molar-refractivity contribution in [3.63, 3.8) is 0 Å². The molecule has 1 N–H and O–H groups in total. The number of nitrogens with one attached hydrogen (secondary N) is 1. The average Bonchev–Trinajstić information content (AvgIpc) is 2.61. The van der Waals surface area contributed by atoms with Crippen LogP contribution in [0.4, 0.5) is 10.5 Å². The van der Waals surface area contributed by atoms with E-state index in [1.807, 2.05) is 37.3 Å². The van der Waals surface area contributed by atoms with Crippen LogP contribution in [0, 0.1) is 0 Å². The Morgan fingerprint density at radius 3 is 2.59 bits per heavy atom. The topological polar surface area (TPSA) is 75.7 Å². The Bertz CT molecular complexity index is 899. The van der Waals surface area contributed by atoms with E-state index in [0.29, 0.717) is 24.3 Å². The number of rotatable bonds is 4. The number of ether oxygens (including phenoxy) is 1. The zero-order valence-electron chi connectivity index (χ0n) is 15.5. The molecular weight excluding hydrogens is 364 g/mol. The number of hydrogen-bond donors (Lipinski definition) is 1. The molecule has 2 aromatic rings. The molecule has 2 unspecified atom stereocenters. The van der Waals surface area contributed by atoms with Gasteiger partial charge in [0.05, 0.1) is 18.4 Å². The number of urea groups is 1. The third-order valence-electron chi connectivity index (χ3n) is 4.33. The van der Waals surface area contributed by atoms with Gasteiger partial charge < -0.3 is 15.0 Å². The van der Waals surface area contributed by atoms with Crippen LogP contribution in [-0.2, 0) is 20.3 Å². The fraction of sp³-hybridized carbons (Fsp3) is 0.350. The third kappa shape index (κ3) is 5.55. The van der Waals surface area contributed by atoms with Crippen LogP contribution >= 0.6 is 0 Å². The standard InChI is InChI=1S/C20H24N2O4S/c1-15-12-22(13-19(26-15)17-8-4-3-5-9-17)20(23)21-18-10-6-7-16(11-18)14-27(2,24)25/h3-11,15,19H,12-14H2,1-2H3,(H,21,23). The summed E-state index contributed by atoms with van der Waals surface area (Å²) in [6.07, 6.45) is 0.945. The molecule has 144 valence electrons. The molecule has 3 rings (SSSR count). The summed E-state index contributed by atoms with van der Waals surface area (Å²) in [6.45, 7) is 2.91. The highest BCUT2D eigenvalue weighted by Gasteiger charge is 2.29. The lowest BCUT2D eigenvalue weighted by Gasteiger charge is -2.37. The lowest BCUT2D eigenvalue weighted by atomic mass is 10.1. The maximum atomic E-state index is 12.7. The van der Waals surface area contributed by atoms with Gasteiger partial charge >= 0.3 is 6.03 Å². The predicted octanol–water partition coefficient (Wildman–Crippen LogP) is 3.23. The molecule has 0 aromatic heterocycles. The monoisotopic (exact) mass is 388 g/mol. The number of carbonyl (C=O) groups is 1. The summed E-state index contributed by atoms with van der Waals surface area (Å²) in [7, 11) is -3.13. The van der Waals surface area contributed by atoms with Crippen LogP contribution in [0.3, 0.4) is 0 Å². The van der Waals surface area contributed by atoms with Gasteiger partial charge in [-0.1, -0.05) is 42.5 Å². The quantitative estimate of drug-likeness (QED) is 0.873. The van der Waals surface area contributed by atoms with Gasteiger partial charge in [0.1, 0.15) is 6.10 Å². The van der Waals surface area contributed by atoms with E-state index in [2.05, 4.69) is 5.32 Å². The highest BCUT2D eigenvalue weighted by atomic mass is 32.2. The first-order chi connectivity index (χ1) is 12.8. The average molecular weight is 388 g/mol. The van der Waals surface area contributed by atoms with Gasteiger partial charge in [-0.15, -0.1) is 0 Å². The molecule has 7 heteroatoms. The van der Waals surface area contributed by atoms with Crippen LogP contribution < -0.4 is 5.32 Å². The molecule has 0 saturated carbocycles. The van der Waals surface area contributed by atoms with Crippen molar-refractivity contribution in [2.75, 3.05) is 24.7 Å². The molecule has 1 saturated heterocycles. The van der Waals surface area contributed by atoms with Gasteiger partial charge in [0.15, 0.2) is 9.84 Å². The Morgan fingerprint density at radius 1 is 1.15 bits per heavy atom. The van der Waals surface area contributed by atoms with Gasteiger partial charge in [-0.05, 0) is 30.2 Å². The predicted molar refractivity (Wildman–Crippen MR) is 105 cm³/mol. The Morgan fingerprint density at radius 2 is 1.89 bits per heavy atom. The zero-order chi connectivity index (χ0) is 19.4. The molecule has 0 bridgehead atoms. The molecule has 0 radical (unpaired) electrons. The molecule has 1 fully saturated rings. The zero-order valence-corrected chi connectivity index (χ0v) is 16.3. The van der Waals surface area contributed by atoms with Crippen LogP contribution in [-0.4, -0.2) is 44.8 Å². The van der Waals surface area contributed by atoms with Gasteiger partial charge in [0.2, 0.25) is 0 Å². The highest BCUT2D eigenvalue weighted by Crippen LogP contribution is 2.25. The molecule has 27 heavy (non-hydrogen) atoms. The van der Waals surface area contributed by atoms with E-state index in [1.165, 1.54) is 6.26 Å². The molecule has 1 aliphatic rings. The number of morpholine rings is 1. The molecule has 1 heterocycles. The van der Waals surface area contributed by atoms with E-state index in [-0.39, 0.29) is 24.0 Å². The van der Waals surface area contributed by atoms with E-state index in [9.17, 15) is 13.2 Å². The number of hydrogen-bond acceptors (Lipinski definition) is 4. The summed E-state index contributed by atoms with van der Waals surface area (Å²) in [4.78, 5) is 14.5. The number of carbonyl (C=O) groups excluding carboxylic acids is 1. The van der Waals surface area contributed by atoms with Crippen molar-refractivity contribution in [1.29, 1.82) is 0 Å². The van der Waals surface area contributed by atoms with Crippen molar-refractivity contribution in [3.8, 4) is 0 Å². The molecule has 1 aliphatic heterocycles. The van der Waals surface area contributed by atoms with Crippen molar-refractivity contribution < 1.29 is 17.9 Å². The van der Waals surface area contributed by atoms with E-state index in [1.54, 1.807) is 29.2 Å². The lowest BCUT2D eigenvalue weighted by Crippen LogP contribution is -2.47. The smallest absolute Gasteiger partial charge is 0.322 e. The summed E-state index contributed by atoms with van der Waals surface area (Å²) < 4.78 is 28.9. The summed E-state index contributed by atoms with van der Waals surface area (Å²) in [5, 5.41) is 2.87. The minimum absolute atomic E-state index is 0.0542. The first kappa shape index (κ1) is 19.4. The van der Waals surface area contributed by atoms with Crippen LogP contribution in [0.1, 0.15) is 24.2 Å². The van der Waals surface area contributed by atoms with Gasteiger partial charge in [-0.3, -0.25) is 0 Å². The SMILES string of the molecule is CC1CN(C(=O)Nc2cccc(CS(C)(=O)=O)c2)CC(c2ccccc2)O1. The van der Waals surface area contributed by atoms with Crippen molar-refractivity contribution in [2.45, 2.75) is 24.9 Å². The minimum Gasteiger partial charge on any atom is -0.367 e. The maximum Gasteiger partial charge on any atom is 0.322 e. The Hall–Kier alpha value is -2.38. The van der Waals surface area contributed by atoms with Crippen LogP contribution in [0.2, 0.25) is 0 Å². The number of amides is 2. The number of benzene rings is 2.